The van der Waals surface area contributed by atoms with Crippen molar-refractivity contribution in [3.05, 3.63) is 15.8 Å². The molecule has 0 radical (unpaired) electrons. The molecule has 1 heterocycles. The van der Waals surface area contributed by atoms with E-state index in [2.05, 4.69) is 19.2 Å². The summed E-state index contributed by atoms with van der Waals surface area (Å²) < 4.78 is 26.9. The second-order valence-corrected chi connectivity index (χ2v) is 9.08. The molecule has 0 saturated heterocycles. The van der Waals surface area contributed by atoms with Gasteiger partial charge in [-0.2, -0.15) is 4.31 Å². The zero-order valence-corrected chi connectivity index (χ0v) is 14.3. The van der Waals surface area contributed by atoms with Gasteiger partial charge in [-0.05, 0) is 25.8 Å². The lowest BCUT2D eigenvalue weighted by Crippen LogP contribution is -2.41. The van der Waals surface area contributed by atoms with Gasteiger partial charge in [-0.15, -0.1) is 11.3 Å². The van der Waals surface area contributed by atoms with Crippen molar-refractivity contribution >= 4 is 21.4 Å². The van der Waals surface area contributed by atoms with Gasteiger partial charge in [0.15, 0.2) is 0 Å². The third kappa shape index (κ3) is 3.24. The lowest BCUT2D eigenvalue weighted by Gasteiger charge is -2.33. The molecule has 1 aromatic heterocycles. The number of aryl methyl sites for hydroxylation is 1. The van der Waals surface area contributed by atoms with Gasteiger partial charge < -0.3 is 5.32 Å². The number of rotatable bonds is 6. The van der Waals surface area contributed by atoms with Crippen molar-refractivity contribution < 1.29 is 8.42 Å². The maximum atomic E-state index is 12.7. The Morgan fingerprint density at radius 2 is 2.10 bits per heavy atom. The van der Waals surface area contributed by atoms with Crippen LogP contribution in [0.2, 0.25) is 0 Å². The Morgan fingerprint density at radius 3 is 2.60 bits per heavy atom. The number of hydrogen-bond acceptors (Lipinski definition) is 4. The summed E-state index contributed by atoms with van der Waals surface area (Å²) in [5, 5.41) is 3.33. The fourth-order valence-electron chi connectivity index (χ4n) is 2.27. The van der Waals surface area contributed by atoms with E-state index in [0.29, 0.717) is 10.9 Å². The molecule has 0 spiro atoms. The van der Waals surface area contributed by atoms with Crippen LogP contribution in [0.4, 0.5) is 0 Å². The van der Waals surface area contributed by atoms with E-state index in [-0.39, 0.29) is 6.04 Å². The van der Waals surface area contributed by atoms with E-state index in [4.69, 9.17) is 0 Å². The van der Waals surface area contributed by atoms with E-state index >= 15 is 0 Å². The summed E-state index contributed by atoms with van der Waals surface area (Å²) in [4.78, 5) is 2.45. The second-order valence-electron chi connectivity index (χ2n) is 5.77. The van der Waals surface area contributed by atoms with E-state index in [0.717, 1.165) is 35.6 Å². The average Bonchev–Trinajstić information content (AvgIpc) is 2.66. The van der Waals surface area contributed by atoms with Crippen LogP contribution >= 0.6 is 11.3 Å². The predicted octanol–water partition coefficient (Wildman–Crippen LogP) is 2.73. The molecule has 2 rings (SSSR count). The number of thiophene rings is 1. The minimum absolute atomic E-state index is 0.191. The molecular formula is C14H24N2O2S2. The van der Waals surface area contributed by atoms with Crippen molar-refractivity contribution in [2.75, 3.05) is 7.05 Å². The SMILES string of the molecule is Cc1sc(CNC(C)C)cc1S(=O)(=O)N(C)C1CCC1. The van der Waals surface area contributed by atoms with Gasteiger partial charge >= 0.3 is 0 Å². The topological polar surface area (TPSA) is 49.4 Å². The molecule has 1 aromatic rings. The molecular weight excluding hydrogens is 292 g/mol. The van der Waals surface area contributed by atoms with Gasteiger partial charge in [0, 0.05) is 35.4 Å². The van der Waals surface area contributed by atoms with E-state index in [9.17, 15) is 8.42 Å². The lowest BCUT2D eigenvalue weighted by atomic mass is 9.94. The summed E-state index contributed by atoms with van der Waals surface area (Å²) in [7, 11) is -1.62. The lowest BCUT2D eigenvalue weighted by molar-refractivity contribution is 0.249. The molecule has 4 nitrogen and oxygen atoms in total. The quantitative estimate of drug-likeness (QED) is 0.878. The molecule has 0 bridgehead atoms. The van der Waals surface area contributed by atoms with Gasteiger partial charge in [0.2, 0.25) is 10.0 Å². The first-order valence-electron chi connectivity index (χ1n) is 7.13. The van der Waals surface area contributed by atoms with Crippen LogP contribution in [0.25, 0.3) is 0 Å². The van der Waals surface area contributed by atoms with Crippen molar-refractivity contribution in [3.8, 4) is 0 Å². The summed E-state index contributed by atoms with van der Waals surface area (Å²) >= 11 is 1.57. The maximum Gasteiger partial charge on any atom is 0.244 e. The fourth-order valence-corrected chi connectivity index (χ4v) is 5.24. The first-order valence-corrected chi connectivity index (χ1v) is 9.38. The zero-order valence-electron chi connectivity index (χ0n) is 12.6. The van der Waals surface area contributed by atoms with Crippen molar-refractivity contribution in [2.45, 2.75) is 63.6 Å². The smallest absolute Gasteiger partial charge is 0.244 e. The van der Waals surface area contributed by atoms with Crippen LogP contribution in [0.5, 0.6) is 0 Å². The van der Waals surface area contributed by atoms with Gasteiger partial charge in [-0.1, -0.05) is 20.3 Å². The molecule has 1 N–H and O–H groups in total. The summed E-state index contributed by atoms with van der Waals surface area (Å²) in [5.41, 5.74) is 0. The molecule has 0 atom stereocenters. The standard InChI is InChI=1S/C14H24N2O2S2/c1-10(2)15-9-13-8-14(11(3)19-13)20(17,18)16(4)12-6-5-7-12/h8,10,12,15H,5-7,9H2,1-4H3. The summed E-state index contributed by atoms with van der Waals surface area (Å²) in [5.74, 6) is 0. The Labute approximate surface area is 126 Å². The molecule has 0 unspecified atom stereocenters. The van der Waals surface area contributed by atoms with Crippen molar-refractivity contribution in [1.29, 1.82) is 0 Å². The molecule has 0 amide bonds. The third-order valence-corrected chi connectivity index (χ3v) is 7.07. The molecule has 1 aliphatic rings. The van der Waals surface area contributed by atoms with Gasteiger partial charge in [0.1, 0.15) is 0 Å². The van der Waals surface area contributed by atoms with Gasteiger partial charge in [0.25, 0.3) is 0 Å². The highest BCUT2D eigenvalue weighted by Gasteiger charge is 2.33. The van der Waals surface area contributed by atoms with Crippen molar-refractivity contribution in [1.82, 2.24) is 9.62 Å². The number of nitrogens with one attached hydrogen (secondary N) is 1. The Morgan fingerprint density at radius 1 is 1.45 bits per heavy atom. The molecule has 6 heteroatoms. The first-order chi connectivity index (χ1) is 9.32. The van der Waals surface area contributed by atoms with Gasteiger partial charge in [-0.3, -0.25) is 0 Å². The number of hydrogen-bond donors (Lipinski definition) is 1. The summed E-state index contributed by atoms with van der Waals surface area (Å²) in [6.07, 6.45) is 3.11. The zero-order chi connectivity index (χ0) is 14.9. The van der Waals surface area contributed by atoms with Crippen LogP contribution in [0, 0.1) is 6.92 Å². The van der Waals surface area contributed by atoms with Gasteiger partial charge in [-0.25, -0.2) is 8.42 Å². The minimum Gasteiger partial charge on any atom is -0.310 e. The molecule has 1 aliphatic carbocycles. The normalized spacial score (nSPS) is 16.9. The Kier molecular flexibility index (Phi) is 4.89. The summed E-state index contributed by atoms with van der Waals surface area (Å²) in [6.45, 7) is 6.79. The highest BCUT2D eigenvalue weighted by molar-refractivity contribution is 7.89. The molecule has 0 aliphatic heterocycles. The Bertz CT molecular complexity index is 560. The number of nitrogens with zero attached hydrogens (tertiary/aromatic N) is 1. The third-order valence-electron chi connectivity index (χ3n) is 3.85. The van der Waals surface area contributed by atoms with Crippen LogP contribution in [-0.2, 0) is 16.6 Å². The minimum atomic E-state index is -3.33. The van der Waals surface area contributed by atoms with Crippen molar-refractivity contribution in [3.63, 3.8) is 0 Å². The Balaban J connectivity index is 2.18. The van der Waals surface area contributed by atoms with E-state index < -0.39 is 10.0 Å². The molecule has 1 saturated carbocycles. The highest BCUT2D eigenvalue weighted by Crippen LogP contribution is 2.32. The predicted molar refractivity (Wildman–Crippen MR) is 83.6 cm³/mol. The monoisotopic (exact) mass is 316 g/mol. The number of sulfonamides is 1. The van der Waals surface area contributed by atoms with Crippen LogP contribution < -0.4 is 5.32 Å². The van der Waals surface area contributed by atoms with Crippen LogP contribution in [-0.4, -0.2) is 31.9 Å². The van der Waals surface area contributed by atoms with E-state index in [1.165, 1.54) is 0 Å². The van der Waals surface area contributed by atoms with Crippen molar-refractivity contribution in [2.24, 2.45) is 0 Å². The fraction of sp³-hybridized carbons (Fsp3) is 0.714. The molecule has 114 valence electrons. The second kappa shape index (κ2) is 6.13. The average molecular weight is 316 g/mol. The molecule has 1 fully saturated rings. The summed E-state index contributed by atoms with van der Waals surface area (Å²) in [6, 6.07) is 2.42. The van der Waals surface area contributed by atoms with Crippen LogP contribution in [0.1, 0.15) is 42.9 Å². The first kappa shape index (κ1) is 15.9. The molecule has 0 aromatic carbocycles. The van der Waals surface area contributed by atoms with Gasteiger partial charge in [0.05, 0.1) is 4.90 Å². The van der Waals surface area contributed by atoms with Crippen LogP contribution in [0.3, 0.4) is 0 Å². The Hall–Kier alpha value is -0.430. The molecule has 20 heavy (non-hydrogen) atoms. The largest absolute Gasteiger partial charge is 0.310 e. The van der Waals surface area contributed by atoms with E-state index in [1.54, 1.807) is 22.7 Å². The van der Waals surface area contributed by atoms with Crippen LogP contribution in [0.15, 0.2) is 11.0 Å². The van der Waals surface area contributed by atoms with E-state index in [1.807, 2.05) is 13.0 Å². The highest BCUT2D eigenvalue weighted by atomic mass is 32.2. The maximum absolute atomic E-state index is 12.7.